The molecular weight excluding hydrogens is 606 g/mol. The smallest absolute Gasteiger partial charge is 0.422 e. The van der Waals surface area contributed by atoms with Crippen LogP contribution in [0.1, 0.15) is 46.5 Å². The van der Waals surface area contributed by atoms with Gasteiger partial charge in [-0.3, -0.25) is 9.59 Å². The number of fused-ring (bicyclic) bond motifs is 3. The normalized spacial score (nSPS) is 30.5. The highest BCUT2D eigenvalue weighted by atomic mass is 19.4. The lowest BCUT2D eigenvalue weighted by molar-refractivity contribution is -0.166. The molecule has 0 radical (unpaired) electrons. The topological polar surface area (TPSA) is 114 Å². The summed E-state index contributed by atoms with van der Waals surface area (Å²) in [5.41, 5.74) is -3.07. The summed E-state index contributed by atoms with van der Waals surface area (Å²) in [5.74, 6) is -2.54. The van der Waals surface area contributed by atoms with E-state index in [2.05, 4.69) is 30.0 Å². The summed E-state index contributed by atoms with van der Waals surface area (Å²) in [6.07, 6.45) is -3.09. The summed E-state index contributed by atoms with van der Waals surface area (Å²) < 4.78 is 96.5. The molecule has 5 rings (SSSR count). The summed E-state index contributed by atoms with van der Waals surface area (Å²) in [4.78, 5) is 44.1. The number of esters is 4. The Morgan fingerprint density at radius 3 is 2.05 bits per heavy atom. The fourth-order valence-corrected chi connectivity index (χ4v) is 5.88. The molecule has 9 nitrogen and oxygen atoms in total. The van der Waals surface area contributed by atoms with Crippen LogP contribution in [-0.4, -0.2) is 67.4 Å². The molecule has 4 aliphatic carbocycles. The fourth-order valence-electron chi connectivity index (χ4n) is 5.88. The highest BCUT2D eigenvalue weighted by Crippen LogP contribution is 2.55. The number of carbonyl (C=O) groups excluding carboxylic acids is 4. The predicted molar refractivity (Wildman–Crippen MR) is 138 cm³/mol. The molecule has 8 unspecified atom stereocenters. The molecule has 0 N–H and O–H groups in total. The maximum atomic E-state index is 12.3. The van der Waals surface area contributed by atoms with Crippen molar-refractivity contribution in [3.63, 3.8) is 0 Å². The van der Waals surface area contributed by atoms with E-state index < -0.39 is 54.4 Å². The van der Waals surface area contributed by atoms with Crippen molar-refractivity contribution in [1.82, 2.24) is 0 Å². The highest BCUT2D eigenvalue weighted by molar-refractivity contribution is 5.89. The van der Waals surface area contributed by atoms with Gasteiger partial charge >= 0.3 is 36.2 Å². The van der Waals surface area contributed by atoms with E-state index in [0.29, 0.717) is 24.7 Å². The second kappa shape index (κ2) is 13.7. The third-order valence-electron chi connectivity index (χ3n) is 7.96. The van der Waals surface area contributed by atoms with Crippen molar-refractivity contribution in [2.45, 2.75) is 83.2 Å². The van der Waals surface area contributed by atoms with Crippen molar-refractivity contribution in [2.75, 3.05) is 6.79 Å². The number of ether oxygens (including phenoxy) is 5. The molecule has 15 heteroatoms. The van der Waals surface area contributed by atoms with Crippen molar-refractivity contribution < 1.29 is 69.2 Å². The van der Waals surface area contributed by atoms with Crippen molar-refractivity contribution in [2.24, 2.45) is 29.6 Å². The van der Waals surface area contributed by atoms with Crippen LogP contribution < -0.4 is 0 Å². The number of alkyl halides is 6. The van der Waals surface area contributed by atoms with Crippen molar-refractivity contribution in [1.29, 1.82) is 0 Å². The number of allylic oxidation sites excluding steroid dienone is 1. The molecule has 0 aromatic carbocycles. The van der Waals surface area contributed by atoms with E-state index in [4.69, 9.17) is 18.9 Å². The van der Waals surface area contributed by atoms with Gasteiger partial charge in [-0.1, -0.05) is 25.3 Å². The highest BCUT2D eigenvalue weighted by Gasteiger charge is 2.63. The Labute approximate surface area is 249 Å². The summed E-state index contributed by atoms with van der Waals surface area (Å²) in [7, 11) is 0. The maximum absolute atomic E-state index is 12.3. The van der Waals surface area contributed by atoms with Gasteiger partial charge in [0.15, 0.2) is 6.79 Å². The van der Waals surface area contributed by atoms with E-state index >= 15 is 0 Å². The molecule has 8 atom stereocenters. The van der Waals surface area contributed by atoms with E-state index in [-0.39, 0.29) is 41.9 Å². The van der Waals surface area contributed by atoms with E-state index in [1.807, 2.05) is 0 Å². The Hall–Kier alpha value is -3.36. The van der Waals surface area contributed by atoms with Gasteiger partial charge in [0.2, 0.25) is 0 Å². The minimum Gasteiger partial charge on any atom is -0.462 e. The first-order chi connectivity index (χ1) is 20.3. The molecule has 0 amide bonds. The van der Waals surface area contributed by atoms with Crippen LogP contribution in [-0.2, 0) is 42.9 Å². The zero-order valence-corrected chi connectivity index (χ0v) is 24.2. The second-order valence-corrected chi connectivity index (χ2v) is 11.4. The van der Waals surface area contributed by atoms with Gasteiger partial charge in [-0.05, 0) is 45.4 Å². The molecule has 44 heavy (non-hydrogen) atoms. The number of hydrogen-bond donors (Lipinski definition) is 0. The van der Waals surface area contributed by atoms with E-state index in [1.54, 1.807) is 13.8 Å². The molecule has 4 fully saturated rings. The molecule has 1 aliphatic heterocycles. The molecule has 3 saturated carbocycles. The van der Waals surface area contributed by atoms with Gasteiger partial charge in [0, 0.05) is 24.7 Å². The van der Waals surface area contributed by atoms with Crippen LogP contribution in [0.2, 0.25) is 0 Å². The quantitative estimate of drug-likeness (QED) is 0.0932. The van der Waals surface area contributed by atoms with Crippen LogP contribution in [0, 0.1) is 29.6 Å². The van der Waals surface area contributed by atoms with Gasteiger partial charge in [-0.2, -0.15) is 26.3 Å². The Kier molecular flexibility index (Phi) is 11.0. The van der Waals surface area contributed by atoms with Gasteiger partial charge in [-0.15, -0.1) is 0 Å². The zero-order chi connectivity index (χ0) is 33.1. The Morgan fingerprint density at radius 2 is 1.55 bits per heavy atom. The molecular formula is C29H34F6O9. The van der Waals surface area contributed by atoms with Crippen molar-refractivity contribution >= 4 is 23.9 Å². The Morgan fingerprint density at radius 1 is 0.932 bits per heavy atom. The van der Waals surface area contributed by atoms with Crippen molar-refractivity contribution in [3.8, 4) is 0 Å². The van der Waals surface area contributed by atoms with E-state index in [9.17, 15) is 45.5 Å². The summed E-state index contributed by atoms with van der Waals surface area (Å²) >= 11 is 0. The van der Waals surface area contributed by atoms with Gasteiger partial charge in [-0.25, -0.2) is 9.59 Å². The molecule has 0 aromatic rings. The van der Waals surface area contributed by atoms with E-state index in [0.717, 1.165) is 6.42 Å². The second-order valence-electron chi connectivity index (χ2n) is 11.4. The zero-order valence-electron chi connectivity index (χ0n) is 24.2. The van der Waals surface area contributed by atoms with Crippen LogP contribution in [0.3, 0.4) is 0 Å². The number of hydrogen-bond acceptors (Lipinski definition) is 9. The van der Waals surface area contributed by atoms with Gasteiger partial charge in [0.05, 0.1) is 12.0 Å². The first kappa shape index (κ1) is 35.1. The largest absolute Gasteiger partial charge is 0.462 e. The standard InChI is InChI=1S/C12H11F3O4.C9H12O2.C8H11F3O3/c1-4(12(13,14)15)10(16)18-8-5-2-6-7(3-5)11(17)19-9(6)8;1-6(10)11-9-5-7-2-3-8(9)4-7;1-5(2)13-4-14-7(12)6(3)8(9,10)11/h5-9H,1-3H2;2-3,7-9H,4-5H2,1H3;5H,3-4H2,1-2H3. The lowest BCUT2D eigenvalue weighted by Gasteiger charge is -2.25. The van der Waals surface area contributed by atoms with Crippen molar-refractivity contribution in [3.05, 3.63) is 36.5 Å². The average molecular weight is 641 g/mol. The van der Waals surface area contributed by atoms with Crippen LogP contribution >= 0.6 is 0 Å². The summed E-state index contributed by atoms with van der Waals surface area (Å²) in [5, 5.41) is 0. The first-order valence-corrected chi connectivity index (χ1v) is 13.9. The fraction of sp³-hybridized carbons (Fsp3) is 0.655. The third-order valence-corrected chi connectivity index (χ3v) is 7.96. The number of carbonyl (C=O) groups is 4. The average Bonchev–Trinajstić information content (AvgIpc) is 3.71. The van der Waals surface area contributed by atoms with Gasteiger partial charge in [0.1, 0.15) is 29.5 Å². The molecule has 0 aromatic heterocycles. The molecule has 0 spiro atoms. The van der Waals surface area contributed by atoms with Crippen LogP contribution in [0.15, 0.2) is 36.5 Å². The minimum atomic E-state index is -4.80. The Balaban J connectivity index is 0.000000188. The Bertz CT molecular complexity index is 1170. The first-order valence-electron chi connectivity index (χ1n) is 13.9. The van der Waals surface area contributed by atoms with Gasteiger partial charge < -0.3 is 23.7 Å². The van der Waals surface area contributed by atoms with Crippen LogP contribution in [0.4, 0.5) is 26.3 Å². The molecule has 1 saturated heterocycles. The number of halogens is 6. The summed E-state index contributed by atoms with van der Waals surface area (Å²) in [6, 6.07) is 0. The van der Waals surface area contributed by atoms with Crippen LogP contribution in [0.25, 0.3) is 0 Å². The lowest BCUT2D eigenvalue weighted by Crippen LogP contribution is -2.37. The van der Waals surface area contributed by atoms with Gasteiger partial charge in [0.25, 0.3) is 0 Å². The van der Waals surface area contributed by atoms with Crippen LogP contribution in [0.5, 0.6) is 0 Å². The monoisotopic (exact) mass is 640 g/mol. The number of rotatable bonds is 7. The molecule has 5 aliphatic rings. The lowest BCUT2D eigenvalue weighted by atomic mass is 9.88. The molecule has 246 valence electrons. The SMILES string of the molecule is C=C(C(=O)OC1C2CC3C(=O)OC1C3C2)C(F)(F)F.C=C(C(=O)OCOC(C)C)C(F)(F)F.CC(=O)OC1CC2C=CC1C2. The molecule has 4 bridgehead atoms. The van der Waals surface area contributed by atoms with E-state index in [1.165, 1.54) is 13.3 Å². The third kappa shape index (κ3) is 8.63. The predicted octanol–water partition coefficient (Wildman–Crippen LogP) is 5.14. The minimum absolute atomic E-state index is 0.0190. The molecule has 1 heterocycles. The maximum Gasteiger partial charge on any atom is 0.422 e. The summed E-state index contributed by atoms with van der Waals surface area (Å²) in [6.45, 7) is 9.56.